The highest BCUT2D eigenvalue weighted by molar-refractivity contribution is 5.80. The normalized spacial score (nSPS) is 16.9. The predicted octanol–water partition coefficient (Wildman–Crippen LogP) is 3.79. The van der Waals surface area contributed by atoms with E-state index >= 15 is 0 Å². The van der Waals surface area contributed by atoms with E-state index in [0.717, 1.165) is 30.0 Å². The van der Waals surface area contributed by atoms with Crippen molar-refractivity contribution in [1.82, 2.24) is 0 Å². The molecule has 0 radical (unpaired) electrons. The molecule has 2 aliphatic rings. The van der Waals surface area contributed by atoms with Crippen molar-refractivity contribution < 1.29 is 9.47 Å². The van der Waals surface area contributed by atoms with Crippen molar-refractivity contribution in [2.24, 2.45) is 0 Å². The molecule has 4 rings (SSSR count). The topological polar surface area (TPSA) is 30.5 Å². The second-order valence-corrected chi connectivity index (χ2v) is 5.47. The third-order valence-corrected chi connectivity index (χ3v) is 4.29. The lowest BCUT2D eigenvalue weighted by molar-refractivity contribution is 0.177. The number of nitrogens with one attached hydrogen (secondary N) is 1. The van der Waals surface area contributed by atoms with Gasteiger partial charge in [-0.2, -0.15) is 0 Å². The Hall–Kier alpha value is -2.16. The highest BCUT2D eigenvalue weighted by Crippen LogP contribution is 2.58. The van der Waals surface area contributed by atoms with Crippen LogP contribution in [0, 0.1) is 0 Å². The molecule has 0 saturated heterocycles. The van der Waals surface area contributed by atoms with E-state index in [1.807, 2.05) is 13.1 Å². The van der Waals surface area contributed by atoms with E-state index in [-0.39, 0.29) is 5.60 Å². The van der Waals surface area contributed by atoms with E-state index in [1.165, 1.54) is 16.7 Å². The highest BCUT2D eigenvalue weighted by atomic mass is 16.5. The number of fused-ring (bicyclic) bond motifs is 4. The van der Waals surface area contributed by atoms with Gasteiger partial charge in [-0.15, -0.1) is 0 Å². The summed E-state index contributed by atoms with van der Waals surface area (Å²) in [7, 11) is 3.63. The summed E-state index contributed by atoms with van der Waals surface area (Å²) in [4.78, 5) is 0. The maximum absolute atomic E-state index is 6.30. The van der Waals surface area contributed by atoms with E-state index in [4.69, 9.17) is 9.47 Å². The number of hydrogen-bond acceptors (Lipinski definition) is 3. The Kier molecular flexibility index (Phi) is 2.28. The van der Waals surface area contributed by atoms with Crippen molar-refractivity contribution in [2.45, 2.75) is 18.4 Å². The highest BCUT2D eigenvalue weighted by Gasteiger charge is 2.51. The molecule has 0 bridgehead atoms. The Morgan fingerprint density at radius 1 is 1.10 bits per heavy atom. The number of rotatable bonds is 2. The van der Waals surface area contributed by atoms with Crippen LogP contribution in [-0.2, 0) is 5.60 Å². The molecule has 1 N–H and O–H groups in total. The van der Waals surface area contributed by atoms with Gasteiger partial charge < -0.3 is 14.8 Å². The molecule has 20 heavy (non-hydrogen) atoms. The van der Waals surface area contributed by atoms with Crippen LogP contribution in [0.25, 0.3) is 11.1 Å². The molecular formula is C17H17NO2. The minimum absolute atomic E-state index is 0.122. The summed E-state index contributed by atoms with van der Waals surface area (Å²) in [6.07, 6.45) is 2.16. The fourth-order valence-electron chi connectivity index (χ4n) is 3.00. The zero-order chi connectivity index (χ0) is 13.7. The number of ether oxygens (including phenoxy) is 2. The fraction of sp³-hybridized carbons (Fsp3) is 0.294. The summed E-state index contributed by atoms with van der Waals surface area (Å²) < 4.78 is 11.7. The monoisotopic (exact) mass is 267 g/mol. The van der Waals surface area contributed by atoms with Crippen LogP contribution < -0.4 is 14.8 Å². The lowest BCUT2D eigenvalue weighted by Crippen LogP contribution is -2.21. The molecule has 0 unspecified atom stereocenters. The van der Waals surface area contributed by atoms with Crippen LogP contribution in [0.3, 0.4) is 0 Å². The van der Waals surface area contributed by atoms with Gasteiger partial charge in [-0.3, -0.25) is 0 Å². The number of benzene rings is 2. The molecule has 1 aliphatic heterocycles. The van der Waals surface area contributed by atoms with Crippen LogP contribution in [0.1, 0.15) is 18.4 Å². The van der Waals surface area contributed by atoms with Gasteiger partial charge >= 0.3 is 0 Å². The van der Waals surface area contributed by atoms with Gasteiger partial charge in [0.2, 0.25) is 0 Å². The first-order chi connectivity index (χ1) is 9.75. The first kappa shape index (κ1) is 11.6. The van der Waals surface area contributed by atoms with Crippen molar-refractivity contribution in [1.29, 1.82) is 0 Å². The van der Waals surface area contributed by atoms with Gasteiger partial charge in [-0.25, -0.2) is 0 Å². The second-order valence-electron chi connectivity index (χ2n) is 5.47. The Morgan fingerprint density at radius 2 is 1.90 bits per heavy atom. The first-order valence-corrected chi connectivity index (χ1v) is 6.95. The van der Waals surface area contributed by atoms with Gasteiger partial charge in [0.15, 0.2) is 0 Å². The second kappa shape index (κ2) is 3.92. The van der Waals surface area contributed by atoms with E-state index < -0.39 is 0 Å². The summed E-state index contributed by atoms with van der Waals surface area (Å²) in [5, 5.41) is 3.17. The molecule has 2 aromatic rings. The molecule has 3 heteroatoms. The molecule has 1 spiro atoms. The van der Waals surface area contributed by atoms with Crippen LogP contribution in [0.5, 0.6) is 11.5 Å². The fourth-order valence-corrected chi connectivity index (χ4v) is 3.00. The average molecular weight is 267 g/mol. The summed E-state index contributed by atoms with van der Waals surface area (Å²) >= 11 is 0. The lowest BCUT2D eigenvalue weighted by atomic mass is 9.91. The molecule has 1 aliphatic carbocycles. The maximum atomic E-state index is 6.30. The maximum Gasteiger partial charge on any atom is 0.135 e. The zero-order valence-corrected chi connectivity index (χ0v) is 11.7. The Balaban J connectivity index is 1.93. The van der Waals surface area contributed by atoms with Crippen molar-refractivity contribution in [2.75, 3.05) is 19.5 Å². The smallest absolute Gasteiger partial charge is 0.135 e. The van der Waals surface area contributed by atoms with Crippen molar-refractivity contribution in [3.63, 3.8) is 0 Å². The summed E-state index contributed by atoms with van der Waals surface area (Å²) in [6.45, 7) is 0. The molecule has 1 saturated carbocycles. The lowest BCUT2D eigenvalue weighted by Gasteiger charge is -2.29. The predicted molar refractivity (Wildman–Crippen MR) is 79.5 cm³/mol. The van der Waals surface area contributed by atoms with Crippen LogP contribution in [0.2, 0.25) is 0 Å². The van der Waals surface area contributed by atoms with Crippen LogP contribution in [-0.4, -0.2) is 14.2 Å². The first-order valence-electron chi connectivity index (χ1n) is 6.95. The Bertz CT molecular complexity index is 689. The standard InChI is InChI=1S/C17H17NO2/c1-18-11-3-5-14-13-6-4-12(19-2)10-15(13)17(7-8-17)20-16(14)9-11/h3-6,9-10,18H,7-8H2,1-2H3. The van der Waals surface area contributed by atoms with Gasteiger partial charge in [-0.1, -0.05) is 6.07 Å². The average Bonchev–Trinajstić information content (AvgIpc) is 3.26. The third kappa shape index (κ3) is 1.52. The third-order valence-electron chi connectivity index (χ3n) is 4.29. The van der Waals surface area contributed by atoms with Gasteiger partial charge in [0, 0.05) is 29.9 Å². The minimum atomic E-state index is -0.122. The number of anilines is 1. The van der Waals surface area contributed by atoms with Gasteiger partial charge in [0.1, 0.15) is 17.1 Å². The van der Waals surface area contributed by atoms with Crippen molar-refractivity contribution in [3.8, 4) is 22.6 Å². The van der Waals surface area contributed by atoms with Crippen LogP contribution in [0.15, 0.2) is 36.4 Å². The van der Waals surface area contributed by atoms with Crippen LogP contribution >= 0.6 is 0 Å². The van der Waals surface area contributed by atoms with E-state index in [9.17, 15) is 0 Å². The molecule has 1 fully saturated rings. The zero-order valence-electron chi connectivity index (χ0n) is 11.7. The van der Waals surface area contributed by atoms with E-state index in [0.29, 0.717) is 0 Å². The molecule has 0 aromatic heterocycles. The van der Waals surface area contributed by atoms with E-state index in [1.54, 1.807) is 7.11 Å². The number of hydrogen-bond donors (Lipinski definition) is 1. The Labute approximate surface area is 118 Å². The molecular weight excluding hydrogens is 250 g/mol. The molecule has 0 amide bonds. The molecule has 0 atom stereocenters. The largest absolute Gasteiger partial charge is 0.497 e. The summed E-state index contributed by atoms with van der Waals surface area (Å²) in [5.41, 5.74) is 4.66. The molecule has 102 valence electrons. The van der Waals surface area contributed by atoms with Crippen LogP contribution in [0.4, 0.5) is 5.69 Å². The van der Waals surface area contributed by atoms with Gasteiger partial charge in [-0.05, 0) is 42.7 Å². The van der Waals surface area contributed by atoms with E-state index in [2.05, 4.69) is 35.6 Å². The summed E-state index contributed by atoms with van der Waals surface area (Å²) in [6, 6.07) is 12.6. The van der Waals surface area contributed by atoms with Gasteiger partial charge in [0.05, 0.1) is 7.11 Å². The minimum Gasteiger partial charge on any atom is -0.497 e. The molecule has 2 aromatic carbocycles. The molecule has 1 heterocycles. The summed E-state index contributed by atoms with van der Waals surface area (Å²) in [5.74, 6) is 1.88. The SMILES string of the molecule is CNc1ccc2c(c1)OC1(CC1)c1cc(OC)ccc1-2. The van der Waals surface area contributed by atoms with Crippen molar-refractivity contribution in [3.05, 3.63) is 42.0 Å². The van der Waals surface area contributed by atoms with Gasteiger partial charge in [0.25, 0.3) is 0 Å². The molecule has 3 nitrogen and oxygen atoms in total. The van der Waals surface area contributed by atoms with Crippen molar-refractivity contribution >= 4 is 5.69 Å². The number of methoxy groups -OCH3 is 1. The Morgan fingerprint density at radius 3 is 2.60 bits per heavy atom. The quantitative estimate of drug-likeness (QED) is 0.898.